The Hall–Kier alpha value is -1.65. The number of aliphatic carboxylic acids is 1. The number of esters is 1. The molecule has 0 saturated heterocycles. The van der Waals surface area contributed by atoms with Gasteiger partial charge >= 0.3 is 11.9 Å². The van der Waals surface area contributed by atoms with Crippen molar-refractivity contribution in [2.45, 2.75) is 85.0 Å². The topological polar surface area (TPSA) is 80.7 Å². The molecular weight excluding hydrogens is 416 g/mol. The molecule has 33 heavy (non-hydrogen) atoms. The van der Waals surface area contributed by atoms with Crippen LogP contribution in [0.3, 0.4) is 0 Å². The quantitative estimate of drug-likeness (QED) is 0.314. The van der Waals surface area contributed by atoms with Crippen LogP contribution in [0.5, 0.6) is 0 Å². The lowest BCUT2D eigenvalue weighted by molar-refractivity contribution is -0.182. The molecule has 7 atom stereocenters. The lowest BCUT2D eigenvalue weighted by Gasteiger charge is -2.58. The molecule has 1 N–H and O–H groups in total. The minimum atomic E-state index is -1.16. The molecule has 5 rings (SSSR count). The van der Waals surface area contributed by atoms with Crippen molar-refractivity contribution in [2.24, 2.45) is 51.8 Å². The summed E-state index contributed by atoms with van der Waals surface area (Å²) in [5, 5.41) is 11.0. The maximum atomic E-state index is 13.4. The average Bonchev–Trinajstić information content (AvgIpc) is 3.37. The van der Waals surface area contributed by atoms with E-state index in [1.807, 2.05) is 0 Å². The number of carbonyl (C=O) groups excluding carboxylic acids is 2. The molecule has 0 aromatic rings. The summed E-state index contributed by atoms with van der Waals surface area (Å²) in [6.45, 7) is 6.67. The van der Waals surface area contributed by atoms with E-state index in [1.54, 1.807) is 0 Å². The standard InChI is InChI=1S/C28H40O5/c1-17(2)23-13-20-14-27(16-29)22-10-9-18(3)21(22)15-26(20,28(23,27)25(31)32)11-12-33-24(30)19-7-5-4-6-8-19/h13,16-22H,4-12,14-15H2,1-3H3,(H,31,32)/t18-,20+,21-,22-,26-,27+,28-/m1/s1. The van der Waals surface area contributed by atoms with Crippen LogP contribution >= 0.6 is 0 Å². The summed E-state index contributed by atoms with van der Waals surface area (Å²) in [6, 6.07) is 0. The van der Waals surface area contributed by atoms with Gasteiger partial charge in [0.05, 0.1) is 17.9 Å². The van der Waals surface area contributed by atoms with Crippen molar-refractivity contribution in [1.82, 2.24) is 0 Å². The average molecular weight is 457 g/mol. The maximum absolute atomic E-state index is 13.4. The van der Waals surface area contributed by atoms with Crippen LogP contribution in [0.15, 0.2) is 11.6 Å². The first-order valence-electron chi connectivity index (χ1n) is 13.3. The van der Waals surface area contributed by atoms with Crippen LogP contribution in [0.2, 0.25) is 0 Å². The van der Waals surface area contributed by atoms with E-state index in [0.29, 0.717) is 24.7 Å². The largest absolute Gasteiger partial charge is 0.481 e. The highest BCUT2D eigenvalue weighted by molar-refractivity contribution is 5.90. The summed E-state index contributed by atoms with van der Waals surface area (Å²) >= 11 is 0. The predicted molar refractivity (Wildman–Crippen MR) is 124 cm³/mol. The van der Waals surface area contributed by atoms with Gasteiger partial charge in [-0.2, -0.15) is 0 Å². The molecule has 5 heteroatoms. The predicted octanol–water partition coefficient (Wildman–Crippen LogP) is 5.42. The first-order valence-corrected chi connectivity index (χ1v) is 13.3. The summed E-state index contributed by atoms with van der Waals surface area (Å²) in [5.41, 5.74) is -1.58. The van der Waals surface area contributed by atoms with E-state index in [-0.39, 0.29) is 36.2 Å². The van der Waals surface area contributed by atoms with E-state index in [2.05, 4.69) is 26.8 Å². The molecule has 4 bridgehead atoms. The Morgan fingerprint density at radius 1 is 1.15 bits per heavy atom. The third-order valence-electron chi connectivity index (χ3n) is 10.9. The molecule has 0 radical (unpaired) electrons. The van der Waals surface area contributed by atoms with Gasteiger partial charge in [0.25, 0.3) is 0 Å². The zero-order valence-corrected chi connectivity index (χ0v) is 20.5. The van der Waals surface area contributed by atoms with Gasteiger partial charge < -0.3 is 14.6 Å². The third-order valence-corrected chi connectivity index (χ3v) is 10.9. The number of carboxylic acids is 1. The van der Waals surface area contributed by atoms with Crippen LogP contribution in [0, 0.1) is 51.8 Å². The molecule has 0 amide bonds. The fraction of sp³-hybridized carbons (Fsp3) is 0.821. The Bertz CT molecular complexity index is 870. The molecule has 0 heterocycles. The summed E-state index contributed by atoms with van der Waals surface area (Å²) in [5.74, 6) is 0.230. The highest BCUT2D eigenvalue weighted by Crippen LogP contribution is 2.83. The number of fused-ring (bicyclic) bond motifs is 2. The van der Waals surface area contributed by atoms with Gasteiger partial charge in [-0.05, 0) is 68.1 Å². The molecule has 5 nitrogen and oxygen atoms in total. The molecule has 4 fully saturated rings. The fourth-order valence-electron chi connectivity index (χ4n) is 9.62. The van der Waals surface area contributed by atoms with Gasteiger partial charge in [0.2, 0.25) is 0 Å². The summed E-state index contributed by atoms with van der Waals surface area (Å²) in [7, 11) is 0. The Labute approximate surface area is 197 Å². The highest BCUT2D eigenvalue weighted by Gasteiger charge is 2.83. The number of hydrogen-bond acceptors (Lipinski definition) is 4. The van der Waals surface area contributed by atoms with Crippen molar-refractivity contribution >= 4 is 18.2 Å². The third kappa shape index (κ3) is 2.80. The molecule has 182 valence electrons. The van der Waals surface area contributed by atoms with Gasteiger partial charge in [-0.15, -0.1) is 0 Å². The number of carbonyl (C=O) groups is 3. The van der Waals surface area contributed by atoms with Crippen LogP contribution in [0.25, 0.3) is 0 Å². The molecule has 5 aliphatic carbocycles. The van der Waals surface area contributed by atoms with E-state index < -0.39 is 22.2 Å². The van der Waals surface area contributed by atoms with Crippen molar-refractivity contribution in [1.29, 1.82) is 0 Å². The highest BCUT2D eigenvalue weighted by atomic mass is 16.5. The molecule has 0 spiro atoms. The second kappa shape index (κ2) is 7.95. The molecular formula is C28H40O5. The van der Waals surface area contributed by atoms with E-state index >= 15 is 0 Å². The van der Waals surface area contributed by atoms with Crippen LogP contribution in [0.4, 0.5) is 0 Å². The second-order valence-corrected chi connectivity index (χ2v) is 12.2. The van der Waals surface area contributed by atoms with Crippen LogP contribution < -0.4 is 0 Å². The van der Waals surface area contributed by atoms with Gasteiger partial charge in [0.15, 0.2) is 0 Å². The SMILES string of the molecule is CC(C)C1=C[C@H]2C[C@]3(C=O)[C@@H]4CC[C@@H](C)[C@H]4C[C@@]2(CCOC(=O)C2CCCCC2)[C@]13C(=O)O. The van der Waals surface area contributed by atoms with Crippen molar-refractivity contribution in [3.8, 4) is 0 Å². The Kier molecular flexibility index (Phi) is 5.57. The van der Waals surface area contributed by atoms with Gasteiger partial charge in [0, 0.05) is 5.41 Å². The minimum Gasteiger partial charge on any atom is -0.481 e. The van der Waals surface area contributed by atoms with Crippen LogP contribution in [0.1, 0.15) is 85.0 Å². The summed E-state index contributed by atoms with van der Waals surface area (Å²) in [4.78, 5) is 39.2. The van der Waals surface area contributed by atoms with Crippen molar-refractivity contribution in [2.75, 3.05) is 6.61 Å². The number of allylic oxidation sites excluding steroid dienone is 1. The Morgan fingerprint density at radius 3 is 2.52 bits per heavy atom. The Balaban J connectivity index is 1.51. The number of carboxylic acid groups (broad SMARTS) is 1. The lowest BCUT2D eigenvalue weighted by Crippen LogP contribution is -2.62. The molecule has 4 saturated carbocycles. The van der Waals surface area contributed by atoms with Crippen LogP contribution in [-0.2, 0) is 19.1 Å². The van der Waals surface area contributed by atoms with E-state index in [4.69, 9.17) is 4.74 Å². The first-order chi connectivity index (χ1) is 15.7. The zero-order valence-electron chi connectivity index (χ0n) is 20.5. The van der Waals surface area contributed by atoms with Crippen molar-refractivity contribution in [3.63, 3.8) is 0 Å². The smallest absolute Gasteiger partial charge is 0.315 e. The first kappa shape index (κ1) is 23.1. The Morgan fingerprint density at radius 2 is 1.88 bits per heavy atom. The number of aldehydes is 1. The summed E-state index contributed by atoms with van der Waals surface area (Å²) in [6.07, 6.45) is 12.5. The van der Waals surface area contributed by atoms with Crippen molar-refractivity contribution in [3.05, 3.63) is 11.6 Å². The number of ether oxygens (including phenoxy) is 1. The van der Waals surface area contributed by atoms with Gasteiger partial charge in [-0.3, -0.25) is 9.59 Å². The van der Waals surface area contributed by atoms with Crippen LogP contribution in [-0.4, -0.2) is 29.9 Å². The molecule has 0 aliphatic heterocycles. The number of rotatable bonds is 7. The molecule has 0 unspecified atom stereocenters. The second-order valence-electron chi connectivity index (χ2n) is 12.2. The fourth-order valence-corrected chi connectivity index (χ4v) is 9.62. The summed E-state index contributed by atoms with van der Waals surface area (Å²) < 4.78 is 5.84. The van der Waals surface area contributed by atoms with Gasteiger partial charge in [-0.1, -0.05) is 58.1 Å². The lowest BCUT2D eigenvalue weighted by atomic mass is 9.42. The molecule has 5 aliphatic rings. The molecule has 0 aromatic carbocycles. The van der Waals surface area contributed by atoms with E-state index in [9.17, 15) is 19.5 Å². The molecule has 0 aromatic heterocycles. The van der Waals surface area contributed by atoms with E-state index in [1.165, 1.54) is 6.42 Å². The van der Waals surface area contributed by atoms with E-state index in [0.717, 1.165) is 56.8 Å². The normalized spacial score (nSPS) is 43.9. The monoisotopic (exact) mass is 456 g/mol. The van der Waals surface area contributed by atoms with Crippen molar-refractivity contribution < 1.29 is 24.2 Å². The maximum Gasteiger partial charge on any atom is 0.315 e. The van der Waals surface area contributed by atoms with Gasteiger partial charge in [0.1, 0.15) is 11.7 Å². The number of hydrogen-bond donors (Lipinski definition) is 1. The van der Waals surface area contributed by atoms with Gasteiger partial charge in [-0.25, -0.2) is 0 Å². The minimum absolute atomic E-state index is 0.00556. The zero-order chi connectivity index (χ0) is 23.6.